The van der Waals surface area contributed by atoms with Crippen molar-refractivity contribution < 1.29 is 52.9 Å². The monoisotopic (exact) mass is 957 g/mol. The van der Waals surface area contributed by atoms with Crippen molar-refractivity contribution in [2.24, 2.45) is 29.6 Å². The third-order valence-electron chi connectivity index (χ3n) is 12.3. The number of thiazole rings is 1. The largest absolute Gasteiger partial charge is 0.481 e. The number of nitrogens with one attached hydrogen (secondary N) is 3. The Morgan fingerprint density at radius 2 is 1.60 bits per heavy atom. The molecule has 8 atom stereocenters. The number of aliphatic carboxylic acids is 1. The van der Waals surface area contributed by atoms with Gasteiger partial charge in [-0.25, -0.2) is 9.78 Å². The quantitative estimate of drug-likeness (QED) is 0.0472. The van der Waals surface area contributed by atoms with E-state index in [0.29, 0.717) is 18.6 Å². The average Bonchev–Trinajstić information content (AvgIpc) is 3.75. The predicted octanol–water partition coefficient (Wildman–Crippen LogP) is 6.15. The van der Waals surface area contributed by atoms with E-state index < -0.39 is 84.7 Å². The number of ether oxygens (including phenoxy) is 3. The van der Waals surface area contributed by atoms with E-state index in [-0.39, 0.29) is 66.0 Å². The van der Waals surface area contributed by atoms with Crippen LogP contribution >= 0.6 is 11.3 Å². The fourth-order valence-corrected chi connectivity index (χ4v) is 8.99. The standard InChI is InChI=1S/C49H76N6O11S/c1-13-31(8)43(53-45(59)38-16-14-15-21-54(38)12)47(60)55(27-64-41(57)22-28(2)3)39(29(4)5)25-40(65-33(10)56)46-52-37(26-67-46)44(58)51-35(23-32(9)48(61)62)24-34-17-19-36(20-18-34)66-49(63)42(50-11)30(6)7/h17-20,26,28-32,35,38-40,42-43,50H,13-16,21-25,27H2,1-12H3,(H,51,58)(H,53,59)(H,61,62). The SMILES string of the molecule is CCC(C)C(NC(=O)C1CCCCN1C)C(=O)N(COC(=O)CC(C)C)C(CC(OC(C)=O)c1nc(C(=O)NC(Cc2ccc(OC(=O)C(NC)C(C)C)cc2)CC(C)C(=O)O)cs1)C(C)C. The van der Waals surface area contributed by atoms with Crippen LogP contribution in [0.3, 0.4) is 0 Å². The third-order valence-corrected chi connectivity index (χ3v) is 13.2. The van der Waals surface area contributed by atoms with Crippen molar-refractivity contribution in [3.05, 3.63) is 45.9 Å². The van der Waals surface area contributed by atoms with Gasteiger partial charge in [0.15, 0.2) is 12.8 Å². The summed E-state index contributed by atoms with van der Waals surface area (Å²) in [4.78, 5) is 101. The van der Waals surface area contributed by atoms with Crippen molar-refractivity contribution >= 4 is 52.9 Å². The maximum atomic E-state index is 14.9. The van der Waals surface area contributed by atoms with E-state index in [1.54, 1.807) is 38.2 Å². The summed E-state index contributed by atoms with van der Waals surface area (Å²) in [5, 5.41) is 20.5. The summed E-state index contributed by atoms with van der Waals surface area (Å²) in [7, 11) is 3.59. The highest BCUT2D eigenvalue weighted by Gasteiger charge is 2.39. The number of hydrogen-bond acceptors (Lipinski definition) is 14. The van der Waals surface area contributed by atoms with Crippen LogP contribution < -0.4 is 20.7 Å². The normalized spacial score (nSPS) is 17.4. The summed E-state index contributed by atoms with van der Waals surface area (Å²) in [6, 6.07) is 3.61. The molecule has 67 heavy (non-hydrogen) atoms. The van der Waals surface area contributed by atoms with E-state index in [1.807, 2.05) is 67.3 Å². The third kappa shape index (κ3) is 17.6. The molecular weight excluding hydrogens is 881 g/mol. The molecule has 1 aliphatic heterocycles. The van der Waals surface area contributed by atoms with Gasteiger partial charge in [-0.1, -0.05) is 87.3 Å². The number of esters is 3. The van der Waals surface area contributed by atoms with Crippen LogP contribution in [0.1, 0.15) is 141 Å². The van der Waals surface area contributed by atoms with E-state index in [9.17, 15) is 38.7 Å². The van der Waals surface area contributed by atoms with Crippen LogP contribution in [0.2, 0.25) is 0 Å². The molecule has 0 spiro atoms. The Morgan fingerprint density at radius 1 is 0.925 bits per heavy atom. The fraction of sp³-hybridized carbons (Fsp3) is 0.673. The Kier molecular flexibility index (Phi) is 22.9. The Hall–Kier alpha value is -4.94. The molecule has 1 saturated heterocycles. The first-order valence-electron chi connectivity index (χ1n) is 23.7. The molecule has 17 nitrogen and oxygen atoms in total. The number of carbonyl (C=O) groups is 7. The molecule has 374 valence electrons. The number of carbonyl (C=O) groups excluding carboxylic acids is 6. The second-order valence-electron chi connectivity index (χ2n) is 19.1. The van der Waals surface area contributed by atoms with E-state index in [0.717, 1.165) is 36.3 Å². The first kappa shape index (κ1) is 56.4. The van der Waals surface area contributed by atoms with Gasteiger partial charge in [-0.05, 0) is 87.7 Å². The van der Waals surface area contributed by atoms with Gasteiger partial charge in [-0.15, -0.1) is 11.3 Å². The number of likely N-dealkylation sites (N-methyl/N-ethyl adjacent to an activating group) is 2. The van der Waals surface area contributed by atoms with Crippen LogP contribution in [0, 0.1) is 29.6 Å². The molecule has 3 rings (SSSR count). The van der Waals surface area contributed by atoms with Gasteiger partial charge < -0.3 is 40.2 Å². The molecule has 0 aliphatic carbocycles. The van der Waals surface area contributed by atoms with E-state index in [2.05, 4.69) is 20.9 Å². The van der Waals surface area contributed by atoms with Gasteiger partial charge in [-0.3, -0.25) is 33.7 Å². The molecule has 2 aromatic rings. The topological polar surface area (TPSA) is 223 Å². The first-order valence-corrected chi connectivity index (χ1v) is 24.5. The molecule has 4 N–H and O–H groups in total. The zero-order valence-electron chi connectivity index (χ0n) is 41.6. The van der Waals surface area contributed by atoms with Gasteiger partial charge in [-0.2, -0.15) is 0 Å². The fourth-order valence-electron chi connectivity index (χ4n) is 8.15. The predicted molar refractivity (Wildman–Crippen MR) is 255 cm³/mol. The van der Waals surface area contributed by atoms with Crippen molar-refractivity contribution in [2.45, 2.75) is 157 Å². The Morgan fingerprint density at radius 3 is 2.15 bits per heavy atom. The Balaban J connectivity index is 1.94. The van der Waals surface area contributed by atoms with Crippen molar-refractivity contribution in [3.63, 3.8) is 0 Å². The number of likely N-dealkylation sites (tertiary alicyclic amines) is 1. The minimum absolute atomic E-state index is 0.00338. The van der Waals surface area contributed by atoms with Crippen LogP contribution in [0.5, 0.6) is 5.75 Å². The number of hydrogen-bond donors (Lipinski definition) is 4. The van der Waals surface area contributed by atoms with Crippen LogP contribution in [0.25, 0.3) is 0 Å². The molecule has 0 radical (unpaired) electrons. The highest BCUT2D eigenvalue weighted by atomic mass is 32.1. The summed E-state index contributed by atoms with van der Waals surface area (Å²) in [6.45, 7) is 18.4. The molecule has 1 fully saturated rings. The number of carboxylic acid groups (broad SMARTS) is 1. The van der Waals surface area contributed by atoms with Crippen LogP contribution in [-0.2, 0) is 44.7 Å². The highest BCUT2D eigenvalue weighted by Crippen LogP contribution is 2.32. The number of rotatable bonds is 26. The summed E-state index contributed by atoms with van der Waals surface area (Å²) in [5.74, 6) is -4.84. The molecular formula is C49H76N6O11S. The number of piperidine rings is 1. The molecule has 18 heteroatoms. The number of aromatic nitrogens is 1. The number of nitrogens with zero attached hydrogens (tertiary/aromatic N) is 3. The average molecular weight is 957 g/mol. The van der Waals surface area contributed by atoms with Gasteiger partial charge in [0.1, 0.15) is 28.5 Å². The smallest absolute Gasteiger partial charge is 0.328 e. The molecule has 8 unspecified atom stereocenters. The zero-order chi connectivity index (χ0) is 50.1. The lowest BCUT2D eigenvalue weighted by atomic mass is 9.92. The molecule has 3 amide bonds. The van der Waals surface area contributed by atoms with Crippen molar-refractivity contribution in [3.8, 4) is 5.75 Å². The van der Waals surface area contributed by atoms with Crippen LogP contribution in [0.4, 0.5) is 0 Å². The van der Waals surface area contributed by atoms with Crippen molar-refractivity contribution in [1.82, 2.24) is 30.7 Å². The number of carboxylic acids is 1. The zero-order valence-corrected chi connectivity index (χ0v) is 42.4. The second-order valence-corrected chi connectivity index (χ2v) is 19.9. The van der Waals surface area contributed by atoms with Gasteiger partial charge in [0, 0.05) is 37.2 Å². The Labute approximate surface area is 400 Å². The molecule has 1 aliphatic rings. The number of amides is 3. The van der Waals surface area contributed by atoms with E-state index in [1.165, 1.54) is 17.2 Å². The van der Waals surface area contributed by atoms with E-state index in [4.69, 9.17) is 14.2 Å². The van der Waals surface area contributed by atoms with Gasteiger partial charge >= 0.3 is 23.9 Å². The lowest BCUT2D eigenvalue weighted by Crippen LogP contribution is -2.59. The first-order chi connectivity index (χ1) is 31.6. The minimum atomic E-state index is -1.04. The maximum Gasteiger partial charge on any atom is 0.328 e. The molecule has 1 aromatic carbocycles. The number of benzene rings is 1. The van der Waals surface area contributed by atoms with Gasteiger partial charge in [0.25, 0.3) is 5.91 Å². The van der Waals surface area contributed by atoms with Gasteiger partial charge in [0.05, 0.1) is 12.0 Å². The summed E-state index contributed by atoms with van der Waals surface area (Å²) < 4.78 is 17.2. The summed E-state index contributed by atoms with van der Waals surface area (Å²) >= 11 is 1.09. The summed E-state index contributed by atoms with van der Waals surface area (Å²) in [5.41, 5.74) is 0.774. The molecule has 1 aromatic heterocycles. The lowest BCUT2D eigenvalue weighted by Gasteiger charge is -2.39. The van der Waals surface area contributed by atoms with Gasteiger partial charge in [0.2, 0.25) is 11.8 Å². The molecule has 0 saturated carbocycles. The van der Waals surface area contributed by atoms with Crippen molar-refractivity contribution in [1.29, 1.82) is 0 Å². The van der Waals surface area contributed by atoms with Crippen LogP contribution in [-0.4, -0.2) is 119 Å². The lowest BCUT2D eigenvalue weighted by molar-refractivity contribution is -0.161. The molecule has 0 bridgehead atoms. The summed E-state index contributed by atoms with van der Waals surface area (Å²) in [6.07, 6.45) is 2.57. The highest BCUT2D eigenvalue weighted by molar-refractivity contribution is 7.09. The van der Waals surface area contributed by atoms with Crippen molar-refractivity contribution in [2.75, 3.05) is 27.4 Å². The van der Waals surface area contributed by atoms with E-state index >= 15 is 0 Å². The van der Waals surface area contributed by atoms with Crippen LogP contribution in [0.15, 0.2) is 29.6 Å². The maximum absolute atomic E-state index is 14.9. The minimum Gasteiger partial charge on any atom is -0.481 e. The Bertz CT molecular complexity index is 1960. The molecule has 2 heterocycles. The second kappa shape index (κ2) is 27.2.